The van der Waals surface area contributed by atoms with Crippen LogP contribution in [-0.4, -0.2) is 87.4 Å². The molecule has 1 N–H and O–H groups in total. The number of fused-ring (bicyclic) bond motifs is 2. The van der Waals surface area contributed by atoms with Crippen molar-refractivity contribution in [3.05, 3.63) is 35.8 Å². The van der Waals surface area contributed by atoms with E-state index in [0.717, 1.165) is 10.8 Å². The van der Waals surface area contributed by atoms with Crippen LogP contribution in [-0.2, 0) is 16.6 Å². The second-order valence-electron chi connectivity index (χ2n) is 8.54. The van der Waals surface area contributed by atoms with Gasteiger partial charge < -0.3 is 4.74 Å². The number of H-pyrrole nitrogens is 1. The van der Waals surface area contributed by atoms with Crippen LogP contribution in [0.2, 0.25) is 0 Å². The zero-order valence-electron chi connectivity index (χ0n) is 20.6. The third kappa shape index (κ3) is 4.54. The highest BCUT2D eigenvalue weighted by atomic mass is 32.2. The van der Waals surface area contributed by atoms with Crippen molar-refractivity contribution in [2.24, 2.45) is 4.99 Å². The van der Waals surface area contributed by atoms with Gasteiger partial charge in [0.05, 0.1) is 45.1 Å². The maximum absolute atomic E-state index is 15.4. The van der Waals surface area contributed by atoms with Gasteiger partial charge in [-0.05, 0) is 24.1 Å². The lowest BCUT2D eigenvalue weighted by Crippen LogP contribution is -2.53. The summed E-state index contributed by atoms with van der Waals surface area (Å²) in [7, 11) is -2.57. The third-order valence-electron chi connectivity index (χ3n) is 6.08. The predicted molar refractivity (Wildman–Crippen MR) is 124 cm³/mol. The number of sulfonamides is 1. The topological polar surface area (TPSA) is 123 Å². The number of benzene rings is 1. The Balaban J connectivity index is 1.63. The number of piperidine rings is 1. The summed E-state index contributed by atoms with van der Waals surface area (Å²) in [6.45, 7) is -1.94. The molecule has 0 aliphatic carbocycles. The van der Waals surface area contributed by atoms with E-state index in [1.807, 2.05) is 0 Å². The van der Waals surface area contributed by atoms with E-state index in [-0.39, 0.29) is 42.1 Å². The molecule has 37 heavy (non-hydrogen) atoms. The lowest BCUT2D eigenvalue weighted by Gasteiger charge is -2.34. The monoisotopic (exact) mass is 543 g/mol. The molecule has 198 valence electrons. The number of aromatic nitrogens is 6. The average molecular weight is 544 g/mol. The molecule has 0 amide bonds. The summed E-state index contributed by atoms with van der Waals surface area (Å²) in [4.78, 5) is 8.09. The van der Waals surface area contributed by atoms with Gasteiger partial charge in [-0.1, -0.05) is 11.3 Å². The Kier molecular flexibility index (Phi) is 5.86. The Morgan fingerprint density at radius 1 is 1.38 bits per heavy atom. The summed E-state index contributed by atoms with van der Waals surface area (Å²) < 4.78 is 97.9. The van der Waals surface area contributed by atoms with E-state index in [4.69, 9.17) is 6.11 Å². The molecule has 1 unspecified atom stereocenters. The number of methoxy groups -OCH3 is 1. The van der Waals surface area contributed by atoms with Crippen LogP contribution < -0.4 is 10.4 Å². The van der Waals surface area contributed by atoms with Crippen molar-refractivity contribution in [3.63, 3.8) is 0 Å². The SMILES string of the molecule is [2H]c1c(F)c(-c2ccc3nnn(CCF)c3c2)c2c(OC)nc(=NC3CCN(S(C)(=O)=O)CC3(F)F)[nH]n12. The van der Waals surface area contributed by atoms with Crippen LogP contribution in [0.25, 0.3) is 27.7 Å². The number of rotatable bonds is 6. The van der Waals surface area contributed by atoms with Crippen molar-refractivity contribution in [2.75, 3.05) is 33.1 Å². The van der Waals surface area contributed by atoms with Crippen LogP contribution in [0.4, 0.5) is 17.6 Å². The average Bonchev–Trinajstić information content (AvgIpc) is 3.37. The van der Waals surface area contributed by atoms with Crippen molar-refractivity contribution in [2.45, 2.75) is 24.9 Å². The quantitative estimate of drug-likeness (QED) is 0.370. The van der Waals surface area contributed by atoms with Crippen LogP contribution in [0, 0.1) is 5.82 Å². The Labute approximate surface area is 208 Å². The first-order valence-electron chi connectivity index (χ1n) is 11.6. The number of hydrogen-bond donors (Lipinski definition) is 1. The Bertz CT molecular complexity index is 1720. The first-order valence-corrected chi connectivity index (χ1v) is 12.9. The van der Waals surface area contributed by atoms with E-state index in [1.54, 1.807) is 12.1 Å². The number of aryl methyl sites for hydroxylation is 1. The number of halogens is 4. The van der Waals surface area contributed by atoms with Crippen LogP contribution in [0.5, 0.6) is 5.88 Å². The number of nitrogens with zero attached hydrogens (tertiary/aromatic N) is 7. The highest BCUT2D eigenvalue weighted by molar-refractivity contribution is 7.88. The predicted octanol–water partition coefficient (Wildman–Crippen LogP) is 1.76. The summed E-state index contributed by atoms with van der Waals surface area (Å²) >= 11 is 0. The molecule has 1 aliphatic rings. The highest BCUT2D eigenvalue weighted by Gasteiger charge is 2.47. The van der Waals surface area contributed by atoms with Crippen LogP contribution in [0.15, 0.2) is 29.4 Å². The lowest BCUT2D eigenvalue weighted by molar-refractivity contribution is -0.0608. The normalized spacial score (nSPS) is 19.6. The summed E-state index contributed by atoms with van der Waals surface area (Å²) in [6, 6.07) is 3.03. The molecule has 0 saturated carbocycles. The molecular weight excluding hydrogens is 520 g/mol. The Morgan fingerprint density at radius 3 is 2.84 bits per heavy atom. The summed E-state index contributed by atoms with van der Waals surface area (Å²) in [5, 5.41) is 10.4. The van der Waals surface area contributed by atoms with Gasteiger partial charge in [-0.15, -0.1) is 5.10 Å². The molecule has 1 atom stereocenters. The molecule has 3 aromatic heterocycles. The number of hydrogen-bond acceptors (Lipinski definition) is 7. The zero-order chi connectivity index (χ0) is 27.4. The summed E-state index contributed by atoms with van der Waals surface area (Å²) in [5.74, 6) is -4.64. The molecule has 1 fully saturated rings. The smallest absolute Gasteiger partial charge is 0.283 e. The fourth-order valence-electron chi connectivity index (χ4n) is 4.30. The Morgan fingerprint density at radius 2 is 2.16 bits per heavy atom. The molecule has 16 heteroatoms. The molecule has 11 nitrogen and oxygen atoms in total. The zero-order valence-corrected chi connectivity index (χ0v) is 20.4. The lowest BCUT2D eigenvalue weighted by atomic mass is 10.0. The van der Waals surface area contributed by atoms with Crippen LogP contribution in [0.3, 0.4) is 0 Å². The molecule has 0 radical (unpaired) electrons. The van der Waals surface area contributed by atoms with Crippen molar-refractivity contribution in [1.29, 1.82) is 0 Å². The van der Waals surface area contributed by atoms with E-state index < -0.39 is 47.2 Å². The fourth-order valence-corrected chi connectivity index (χ4v) is 5.15. The maximum atomic E-state index is 15.4. The molecular formula is C21H22F4N8O3S. The van der Waals surface area contributed by atoms with E-state index in [9.17, 15) is 21.6 Å². The molecule has 0 bridgehead atoms. The molecule has 1 aliphatic heterocycles. The molecule has 1 aromatic carbocycles. The second kappa shape index (κ2) is 9.09. The molecule has 5 rings (SSSR count). The number of nitrogens with one attached hydrogen (secondary N) is 1. The first kappa shape index (κ1) is 23.8. The van der Waals surface area contributed by atoms with E-state index in [1.165, 1.54) is 17.9 Å². The van der Waals surface area contributed by atoms with Crippen molar-refractivity contribution < 1.29 is 32.1 Å². The fraction of sp³-hybridized carbons (Fsp3) is 0.429. The van der Waals surface area contributed by atoms with Gasteiger partial charge in [0.1, 0.15) is 23.7 Å². The first-order chi connectivity index (χ1) is 17.9. The van der Waals surface area contributed by atoms with Crippen molar-refractivity contribution in [1.82, 2.24) is 33.9 Å². The van der Waals surface area contributed by atoms with Crippen molar-refractivity contribution in [3.8, 4) is 17.0 Å². The molecule has 0 spiro atoms. The largest absolute Gasteiger partial charge is 0.479 e. The standard InChI is InChI=1S/C21H22F4N8O3S/c1-36-19-18-17(12-3-4-14-15(9-12)32(8-6-22)30-28-14)13(23)10-33(18)29-20(27-19)26-16-5-7-31(37(2,34)35)11-21(16,24)25/h3-4,9-10,16H,5-8,11H2,1-2H3,(H,26,29)/i10D. The second-order valence-corrected chi connectivity index (χ2v) is 10.5. The van der Waals surface area contributed by atoms with Gasteiger partial charge in [-0.3, -0.25) is 9.61 Å². The number of aromatic amines is 1. The third-order valence-corrected chi connectivity index (χ3v) is 7.33. The Hall–Kier alpha value is -3.53. The van der Waals surface area contributed by atoms with E-state index >= 15 is 4.39 Å². The minimum Gasteiger partial charge on any atom is -0.479 e. The van der Waals surface area contributed by atoms with E-state index in [2.05, 4.69) is 25.4 Å². The number of ether oxygens (including phenoxy) is 1. The van der Waals surface area contributed by atoms with Crippen molar-refractivity contribution >= 4 is 26.6 Å². The van der Waals surface area contributed by atoms with Crippen LogP contribution in [0.1, 0.15) is 7.79 Å². The van der Waals surface area contributed by atoms with Gasteiger partial charge in [0.2, 0.25) is 21.5 Å². The van der Waals surface area contributed by atoms with Crippen LogP contribution >= 0.6 is 0 Å². The maximum Gasteiger partial charge on any atom is 0.283 e. The van der Waals surface area contributed by atoms with Gasteiger partial charge in [0.25, 0.3) is 5.92 Å². The molecule has 4 heterocycles. The summed E-state index contributed by atoms with van der Waals surface area (Å²) in [5.41, 5.74) is 0.780. The highest BCUT2D eigenvalue weighted by Crippen LogP contribution is 2.34. The minimum absolute atomic E-state index is 0.0106. The van der Waals surface area contributed by atoms with E-state index in [0.29, 0.717) is 20.9 Å². The molecule has 1 saturated heterocycles. The van der Waals surface area contributed by atoms with Gasteiger partial charge in [0, 0.05) is 6.54 Å². The summed E-state index contributed by atoms with van der Waals surface area (Å²) in [6.07, 6.45) is -0.0669. The number of alkyl halides is 3. The van der Waals surface area contributed by atoms with Gasteiger partial charge >= 0.3 is 0 Å². The van der Waals surface area contributed by atoms with Gasteiger partial charge in [-0.25, -0.2) is 35.7 Å². The van der Waals surface area contributed by atoms with Gasteiger partial charge in [0.15, 0.2) is 5.82 Å². The molecule has 4 aromatic rings. The van der Waals surface area contributed by atoms with Gasteiger partial charge in [-0.2, -0.15) is 9.29 Å². The minimum atomic E-state index is -3.81.